The Bertz CT molecular complexity index is 989. The summed E-state index contributed by atoms with van der Waals surface area (Å²) in [6.45, 7) is 0. The molecule has 0 saturated carbocycles. The Morgan fingerprint density at radius 2 is 1.52 bits per heavy atom. The van der Waals surface area contributed by atoms with Crippen LogP contribution in [0.5, 0.6) is 0 Å². The fourth-order valence-electron chi connectivity index (χ4n) is 2.87. The van der Waals surface area contributed by atoms with Gasteiger partial charge in [0, 0.05) is 21.8 Å². The Balaban J connectivity index is 2.10. The van der Waals surface area contributed by atoms with Gasteiger partial charge in [-0.25, -0.2) is 0 Å². The zero-order chi connectivity index (χ0) is 14.2. The van der Waals surface area contributed by atoms with Gasteiger partial charge in [0.05, 0.1) is 11.6 Å². The van der Waals surface area contributed by atoms with Crippen LogP contribution in [0, 0.1) is 11.3 Å². The maximum Gasteiger partial charge on any atom is 0.0999 e. The molecule has 0 spiro atoms. The van der Waals surface area contributed by atoms with E-state index < -0.39 is 0 Å². The Hall–Kier alpha value is -3.05. The number of fused-ring (bicyclic) bond motifs is 3. The highest BCUT2D eigenvalue weighted by Gasteiger charge is 2.11. The third-order valence-corrected chi connectivity index (χ3v) is 3.83. The van der Waals surface area contributed by atoms with Gasteiger partial charge in [0.15, 0.2) is 0 Å². The molecule has 0 unspecified atom stereocenters. The second-order valence-corrected chi connectivity index (χ2v) is 5.09. The summed E-state index contributed by atoms with van der Waals surface area (Å²) < 4.78 is 0. The number of para-hydroxylation sites is 1. The number of benzene rings is 3. The molecule has 21 heavy (non-hydrogen) atoms. The van der Waals surface area contributed by atoms with Gasteiger partial charge in [0.25, 0.3) is 0 Å². The second kappa shape index (κ2) is 4.50. The average molecular weight is 268 g/mol. The topological polar surface area (TPSA) is 39.6 Å². The molecule has 2 nitrogen and oxygen atoms in total. The number of hydrogen-bond donors (Lipinski definition) is 1. The Morgan fingerprint density at radius 3 is 2.33 bits per heavy atom. The first-order valence-corrected chi connectivity index (χ1v) is 6.87. The van der Waals surface area contributed by atoms with E-state index in [1.165, 1.54) is 0 Å². The van der Waals surface area contributed by atoms with E-state index in [2.05, 4.69) is 35.3 Å². The zero-order valence-corrected chi connectivity index (χ0v) is 11.3. The third kappa shape index (κ3) is 1.79. The number of aromatic amines is 1. The number of nitrogens with zero attached hydrogens (tertiary/aromatic N) is 1. The molecular formula is C19H12N2. The van der Waals surface area contributed by atoms with Crippen molar-refractivity contribution in [2.75, 3.05) is 0 Å². The van der Waals surface area contributed by atoms with Crippen molar-refractivity contribution in [2.24, 2.45) is 0 Å². The zero-order valence-electron chi connectivity index (χ0n) is 11.3. The lowest BCUT2D eigenvalue weighted by molar-refractivity contribution is 1.49. The van der Waals surface area contributed by atoms with Crippen LogP contribution in [-0.4, -0.2) is 4.98 Å². The molecule has 1 heterocycles. The van der Waals surface area contributed by atoms with Gasteiger partial charge in [0.1, 0.15) is 0 Å². The minimum absolute atomic E-state index is 0.712. The van der Waals surface area contributed by atoms with Crippen LogP contribution in [-0.2, 0) is 0 Å². The fourth-order valence-corrected chi connectivity index (χ4v) is 2.87. The maximum absolute atomic E-state index is 9.52. The van der Waals surface area contributed by atoms with E-state index in [0.717, 1.165) is 32.9 Å². The predicted molar refractivity (Wildman–Crippen MR) is 86.0 cm³/mol. The molecule has 0 bridgehead atoms. The highest BCUT2D eigenvalue weighted by molar-refractivity contribution is 6.11. The van der Waals surface area contributed by atoms with E-state index in [9.17, 15) is 5.26 Å². The quantitative estimate of drug-likeness (QED) is 0.526. The van der Waals surface area contributed by atoms with Crippen molar-refractivity contribution in [1.82, 2.24) is 4.98 Å². The van der Waals surface area contributed by atoms with Crippen molar-refractivity contribution < 1.29 is 0 Å². The van der Waals surface area contributed by atoms with Crippen molar-refractivity contribution >= 4 is 21.8 Å². The van der Waals surface area contributed by atoms with Crippen LogP contribution in [0.2, 0.25) is 0 Å². The molecular weight excluding hydrogens is 256 g/mol. The summed E-state index contributed by atoms with van der Waals surface area (Å²) in [6.07, 6.45) is 0. The summed E-state index contributed by atoms with van der Waals surface area (Å²) in [5.41, 5.74) is 4.97. The molecule has 0 amide bonds. The van der Waals surface area contributed by atoms with Crippen molar-refractivity contribution in [3.05, 3.63) is 72.3 Å². The number of hydrogen-bond acceptors (Lipinski definition) is 1. The van der Waals surface area contributed by atoms with Crippen molar-refractivity contribution in [3.63, 3.8) is 0 Å². The van der Waals surface area contributed by atoms with Crippen LogP contribution in [0.15, 0.2) is 66.7 Å². The monoisotopic (exact) mass is 268 g/mol. The molecule has 3 aromatic carbocycles. The molecule has 0 saturated heterocycles. The molecule has 0 atom stereocenters. The van der Waals surface area contributed by atoms with Crippen LogP contribution in [0.4, 0.5) is 0 Å². The molecule has 1 N–H and O–H groups in total. The van der Waals surface area contributed by atoms with E-state index in [4.69, 9.17) is 0 Å². The highest BCUT2D eigenvalue weighted by Crippen LogP contribution is 2.32. The first-order chi connectivity index (χ1) is 10.4. The van der Waals surface area contributed by atoms with Gasteiger partial charge in [-0.15, -0.1) is 0 Å². The summed E-state index contributed by atoms with van der Waals surface area (Å²) in [7, 11) is 0. The lowest BCUT2D eigenvalue weighted by atomic mass is 9.99. The van der Waals surface area contributed by atoms with Gasteiger partial charge in [-0.05, 0) is 29.3 Å². The van der Waals surface area contributed by atoms with Gasteiger partial charge in [-0.2, -0.15) is 5.26 Å². The first kappa shape index (κ1) is 11.7. The summed E-state index contributed by atoms with van der Waals surface area (Å²) in [5.74, 6) is 0. The van der Waals surface area contributed by atoms with Gasteiger partial charge < -0.3 is 4.98 Å². The van der Waals surface area contributed by atoms with Crippen LogP contribution >= 0.6 is 0 Å². The molecule has 1 aromatic heterocycles. The van der Waals surface area contributed by atoms with Gasteiger partial charge in [0.2, 0.25) is 0 Å². The Morgan fingerprint density at radius 1 is 0.762 bits per heavy atom. The summed E-state index contributed by atoms with van der Waals surface area (Å²) >= 11 is 0. The van der Waals surface area contributed by atoms with Crippen molar-refractivity contribution in [3.8, 4) is 17.2 Å². The van der Waals surface area contributed by atoms with E-state index in [-0.39, 0.29) is 0 Å². The molecule has 4 rings (SSSR count). The number of aromatic nitrogens is 1. The lowest BCUT2D eigenvalue weighted by Crippen LogP contribution is -1.82. The molecule has 0 aliphatic heterocycles. The molecule has 4 aromatic rings. The minimum atomic E-state index is 0.712. The standard InChI is InChI=1S/C19H12N2/c20-12-15-10-14(13-6-2-1-3-7-13)11-18-19(15)16-8-4-5-9-17(16)21-18/h1-11,21H. The number of H-pyrrole nitrogens is 1. The maximum atomic E-state index is 9.52. The highest BCUT2D eigenvalue weighted by atomic mass is 14.7. The lowest BCUT2D eigenvalue weighted by Gasteiger charge is -2.03. The molecule has 0 aliphatic carbocycles. The Kier molecular flexibility index (Phi) is 2.52. The van der Waals surface area contributed by atoms with Gasteiger partial charge >= 0.3 is 0 Å². The number of nitrogens with one attached hydrogen (secondary N) is 1. The van der Waals surface area contributed by atoms with E-state index in [1.54, 1.807) is 0 Å². The van der Waals surface area contributed by atoms with E-state index in [0.29, 0.717) is 5.56 Å². The molecule has 0 radical (unpaired) electrons. The van der Waals surface area contributed by atoms with Gasteiger partial charge in [-0.1, -0.05) is 48.5 Å². The number of rotatable bonds is 1. The second-order valence-electron chi connectivity index (χ2n) is 5.09. The molecule has 0 fully saturated rings. The van der Waals surface area contributed by atoms with Crippen molar-refractivity contribution in [2.45, 2.75) is 0 Å². The Labute approximate surface area is 122 Å². The van der Waals surface area contributed by atoms with Crippen LogP contribution in [0.1, 0.15) is 5.56 Å². The van der Waals surface area contributed by atoms with Crippen LogP contribution in [0.3, 0.4) is 0 Å². The third-order valence-electron chi connectivity index (χ3n) is 3.83. The van der Waals surface area contributed by atoms with Crippen molar-refractivity contribution in [1.29, 1.82) is 5.26 Å². The molecule has 0 aliphatic rings. The fraction of sp³-hybridized carbons (Fsp3) is 0. The van der Waals surface area contributed by atoms with Crippen LogP contribution < -0.4 is 0 Å². The molecule has 98 valence electrons. The van der Waals surface area contributed by atoms with Gasteiger partial charge in [-0.3, -0.25) is 0 Å². The summed E-state index contributed by atoms with van der Waals surface area (Å²) in [6, 6.07) is 24.7. The first-order valence-electron chi connectivity index (χ1n) is 6.87. The SMILES string of the molecule is N#Cc1cc(-c2ccccc2)cc2[nH]c3ccccc3c12. The average Bonchev–Trinajstić information content (AvgIpc) is 2.93. The normalized spacial score (nSPS) is 10.8. The van der Waals surface area contributed by atoms with E-state index >= 15 is 0 Å². The smallest absolute Gasteiger partial charge is 0.0999 e. The summed E-state index contributed by atoms with van der Waals surface area (Å²) in [5, 5.41) is 11.6. The summed E-state index contributed by atoms with van der Waals surface area (Å²) in [4.78, 5) is 3.41. The predicted octanol–water partition coefficient (Wildman–Crippen LogP) is 4.86. The molecule has 2 heteroatoms. The minimum Gasteiger partial charge on any atom is -0.354 e. The van der Waals surface area contributed by atoms with E-state index in [1.807, 2.05) is 42.5 Å². The van der Waals surface area contributed by atoms with Crippen LogP contribution in [0.25, 0.3) is 32.9 Å². The number of nitriles is 1. The largest absolute Gasteiger partial charge is 0.354 e.